The minimum absolute atomic E-state index is 0.0845. The standard InChI is InChI=1S/C14H25N3O/c1-5-17(9-10-18)13-12(7-6-8-15-13)11-16-14(2,3)4/h6-8,16,18H,5,9-11H2,1-4H3. The number of nitrogens with zero attached hydrogens (tertiary/aromatic N) is 2. The predicted molar refractivity (Wildman–Crippen MR) is 75.8 cm³/mol. The van der Waals surface area contributed by atoms with Crippen molar-refractivity contribution in [1.29, 1.82) is 0 Å². The number of nitrogens with one attached hydrogen (secondary N) is 1. The largest absolute Gasteiger partial charge is 0.395 e. The van der Waals surface area contributed by atoms with Gasteiger partial charge in [0, 0.05) is 36.9 Å². The highest BCUT2D eigenvalue weighted by Crippen LogP contribution is 2.17. The molecule has 1 heterocycles. The molecule has 0 saturated carbocycles. The van der Waals surface area contributed by atoms with Crippen LogP contribution in [-0.2, 0) is 6.54 Å². The Hall–Kier alpha value is -1.13. The van der Waals surface area contributed by atoms with Crippen LogP contribution >= 0.6 is 0 Å². The SMILES string of the molecule is CCN(CCO)c1ncccc1CNC(C)(C)C. The molecular formula is C14H25N3O. The van der Waals surface area contributed by atoms with Gasteiger partial charge in [-0.1, -0.05) is 6.07 Å². The van der Waals surface area contributed by atoms with Crippen LogP contribution in [0.2, 0.25) is 0 Å². The first-order chi connectivity index (χ1) is 8.48. The van der Waals surface area contributed by atoms with Gasteiger partial charge >= 0.3 is 0 Å². The summed E-state index contributed by atoms with van der Waals surface area (Å²) in [6.07, 6.45) is 1.80. The number of anilines is 1. The van der Waals surface area contributed by atoms with Crippen molar-refractivity contribution in [1.82, 2.24) is 10.3 Å². The minimum atomic E-state index is 0.0845. The van der Waals surface area contributed by atoms with E-state index in [1.165, 1.54) is 5.56 Å². The molecule has 0 fully saturated rings. The van der Waals surface area contributed by atoms with Gasteiger partial charge in [0.2, 0.25) is 0 Å². The molecule has 2 N–H and O–H groups in total. The lowest BCUT2D eigenvalue weighted by Crippen LogP contribution is -2.36. The van der Waals surface area contributed by atoms with Crippen LogP contribution in [0.25, 0.3) is 0 Å². The maximum absolute atomic E-state index is 9.09. The first-order valence-corrected chi connectivity index (χ1v) is 6.52. The third kappa shape index (κ3) is 4.63. The number of aliphatic hydroxyl groups is 1. The van der Waals surface area contributed by atoms with Crippen molar-refractivity contribution in [2.75, 3.05) is 24.6 Å². The van der Waals surface area contributed by atoms with Gasteiger partial charge in [-0.15, -0.1) is 0 Å². The van der Waals surface area contributed by atoms with E-state index in [1.54, 1.807) is 6.20 Å². The molecule has 0 amide bonds. The van der Waals surface area contributed by atoms with Gasteiger partial charge in [-0.05, 0) is 33.8 Å². The lowest BCUT2D eigenvalue weighted by atomic mass is 10.1. The van der Waals surface area contributed by atoms with E-state index in [1.807, 2.05) is 6.07 Å². The van der Waals surface area contributed by atoms with Gasteiger partial charge in [0.1, 0.15) is 5.82 Å². The van der Waals surface area contributed by atoms with Gasteiger partial charge in [-0.25, -0.2) is 4.98 Å². The summed E-state index contributed by atoms with van der Waals surface area (Å²) in [5, 5.41) is 12.6. The van der Waals surface area contributed by atoms with E-state index in [0.29, 0.717) is 6.54 Å². The zero-order valence-corrected chi connectivity index (χ0v) is 11.9. The fourth-order valence-corrected chi connectivity index (χ4v) is 1.75. The zero-order chi connectivity index (χ0) is 13.6. The summed E-state index contributed by atoms with van der Waals surface area (Å²) >= 11 is 0. The average molecular weight is 251 g/mol. The Morgan fingerprint density at radius 3 is 2.67 bits per heavy atom. The summed E-state index contributed by atoms with van der Waals surface area (Å²) in [7, 11) is 0. The molecule has 0 unspecified atom stereocenters. The third-order valence-electron chi connectivity index (χ3n) is 2.73. The second-order valence-electron chi connectivity index (χ2n) is 5.39. The van der Waals surface area contributed by atoms with Crippen molar-refractivity contribution in [3.8, 4) is 0 Å². The molecule has 102 valence electrons. The van der Waals surface area contributed by atoms with Crippen molar-refractivity contribution in [2.45, 2.75) is 39.8 Å². The Bertz CT molecular complexity index is 360. The Morgan fingerprint density at radius 1 is 1.39 bits per heavy atom. The summed E-state index contributed by atoms with van der Waals surface area (Å²) in [4.78, 5) is 6.54. The van der Waals surface area contributed by atoms with E-state index < -0.39 is 0 Å². The molecule has 0 atom stereocenters. The molecule has 1 aromatic rings. The first-order valence-electron chi connectivity index (χ1n) is 6.52. The maximum Gasteiger partial charge on any atom is 0.133 e. The van der Waals surface area contributed by atoms with E-state index in [9.17, 15) is 0 Å². The monoisotopic (exact) mass is 251 g/mol. The van der Waals surface area contributed by atoms with E-state index in [4.69, 9.17) is 5.11 Å². The van der Waals surface area contributed by atoms with Crippen molar-refractivity contribution >= 4 is 5.82 Å². The van der Waals surface area contributed by atoms with Crippen LogP contribution in [0.4, 0.5) is 5.82 Å². The van der Waals surface area contributed by atoms with Gasteiger partial charge < -0.3 is 15.3 Å². The molecule has 1 rings (SSSR count). The van der Waals surface area contributed by atoms with Crippen LogP contribution in [-0.4, -0.2) is 35.3 Å². The molecule has 0 aliphatic carbocycles. The number of pyridine rings is 1. The van der Waals surface area contributed by atoms with Crippen molar-refractivity contribution < 1.29 is 5.11 Å². The lowest BCUT2D eigenvalue weighted by Gasteiger charge is -2.26. The number of hydrogen-bond donors (Lipinski definition) is 2. The summed E-state index contributed by atoms with van der Waals surface area (Å²) in [5.41, 5.74) is 1.25. The highest BCUT2D eigenvalue weighted by molar-refractivity contribution is 5.46. The van der Waals surface area contributed by atoms with Crippen molar-refractivity contribution in [3.05, 3.63) is 23.9 Å². The second-order valence-corrected chi connectivity index (χ2v) is 5.39. The molecule has 0 aliphatic rings. The molecule has 0 bridgehead atoms. The molecule has 0 saturated heterocycles. The molecular weight excluding hydrogens is 226 g/mol. The predicted octanol–water partition coefficient (Wildman–Crippen LogP) is 1.79. The van der Waals surface area contributed by atoms with Gasteiger partial charge in [-0.2, -0.15) is 0 Å². The summed E-state index contributed by atoms with van der Waals surface area (Å²) in [6, 6.07) is 4.04. The number of aliphatic hydroxyl groups excluding tert-OH is 1. The molecule has 4 heteroatoms. The molecule has 4 nitrogen and oxygen atoms in total. The lowest BCUT2D eigenvalue weighted by molar-refractivity contribution is 0.302. The van der Waals surface area contributed by atoms with E-state index >= 15 is 0 Å². The van der Waals surface area contributed by atoms with Crippen molar-refractivity contribution in [3.63, 3.8) is 0 Å². The van der Waals surface area contributed by atoms with Gasteiger partial charge in [0.05, 0.1) is 6.61 Å². The van der Waals surface area contributed by atoms with Crippen molar-refractivity contribution in [2.24, 2.45) is 0 Å². The fourth-order valence-electron chi connectivity index (χ4n) is 1.75. The van der Waals surface area contributed by atoms with Crippen LogP contribution in [0.3, 0.4) is 0 Å². The Morgan fingerprint density at radius 2 is 2.11 bits per heavy atom. The minimum Gasteiger partial charge on any atom is -0.395 e. The van der Waals surface area contributed by atoms with Gasteiger partial charge in [0.25, 0.3) is 0 Å². The van der Waals surface area contributed by atoms with Crippen LogP contribution in [0, 0.1) is 0 Å². The average Bonchev–Trinajstić information content (AvgIpc) is 2.33. The summed E-state index contributed by atoms with van der Waals surface area (Å²) in [6.45, 7) is 10.9. The van der Waals surface area contributed by atoms with Crippen LogP contribution in [0.1, 0.15) is 33.3 Å². The zero-order valence-electron chi connectivity index (χ0n) is 11.9. The van der Waals surface area contributed by atoms with Gasteiger partial charge in [0.15, 0.2) is 0 Å². The Balaban J connectivity index is 2.84. The highest BCUT2D eigenvalue weighted by Gasteiger charge is 2.13. The molecule has 0 spiro atoms. The normalized spacial score (nSPS) is 11.6. The smallest absolute Gasteiger partial charge is 0.133 e. The number of rotatable bonds is 6. The highest BCUT2D eigenvalue weighted by atomic mass is 16.3. The fraction of sp³-hybridized carbons (Fsp3) is 0.643. The molecule has 1 aromatic heterocycles. The second kappa shape index (κ2) is 6.71. The quantitative estimate of drug-likeness (QED) is 0.809. The maximum atomic E-state index is 9.09. The molecule has 0 radical (unpaired) electrons. The topological polar surface area (TPSA) is 48.4 Å². The van der Waals surface area contributed by atoms with Crippen LogP contribution in [0.5, 0.6) is 0 Å². The Kier molecular flexibility index (Phi) is 5.56. The summed E-state index contributed by atoms with van der Waals surface area (Å²) < 4.78 is 0. The molecule has 0 aromatic carbocycles. The van der Waals surface area contributed by atoms with E-state index in [-0.39, 0.29) is 12.1 Å². The Labute approximate surface area is 110 Å². The number of aromatic nitrogens is 1. The van der Waals surface area contributed by atoms with Crippen LogP contribution < -0.4 is 10.2 Å². The molecule has 18 heavy (non-hydrogen) atoms. The first kappa shape index (κ1) is 14.9. The third-order valence-corrected chi connectivity index (χ3v) is 2.73. The number of likely N-dealkylation sites (N-methyl/N-ethyl adjacent to an activating group) is 1. The van der Waals surface area contributed by atoms with E-state index in [2.05, 4.69) is 49.0 Å². The van der Waals surface area contributed by atoms with Gasteiger partial charge in [-0.3, -0.25) is 0 Å². The number of hydrogen-bond acceptors (Lipinski definition) is 4. The molecule has 0 aliphatic heterocycles. The van der Waals surface area contributed by atoms with E-state index in [0.717, 1.165) is 18.9 Å². The van der Waals surface area contributed by atoms with Crippen LogP contribution in [0.15, 0.2) is 18.3 Å². The summed E-state index contributed by atoms with van der Waals surface area (Å²) in [5.74, 6) is 0.964.